The lowest BCUT2D eigenvalue weighted by molar-refractivity contribution is 0.0725. The molecule has 316 valence electrons. The van der Waals surface area contributed by atoms with Crippen molar-refractivity contribution < 1.29 is 28.5 Å². The summed E-state index contributed by atoms with van der Waals surface area (Å²) in [6, 6.07) is 30.2. The van der Waals surface area contributed by atoms with Crippen molar-refractivity contribution in [1.29, 1.82) is 0 Å². The van der Waals surface area contributed by atoms with Crippen molar-refractivity contribution in [1.82, 2.24) is 0 Å². The molecule has 4 aromatic carbocycles. The fourth-order valence-corrected chi connectivity index (χ4v) is 11.9. The molecule has 4 aromatic rings. The van der Waals surface area contributed by atoms with Gasteiger partial charge in [-0.05, 0) is 164 Å². The number of unbranched alkanes of at least 4 members (excludes halogenated alkanes) is 6. The molecule has 61 heavy (non-hydrogen) atoms. The van der Waals surface area contributed by atoms with Crippen LogP contribution in [0.5, 0.6) is 23.0 Å². The number of thioether (sulfide) groups is 2. The van der Waals surface area contributed by atoms with E-state index in [0.29, 0.717) is 35.8 Å². The molecule has 2 unspecified atom stereocenters. The van der Waals surface area contributed by atoms with Gasteiger partial charge in [0, 0.05) is 9.81 Å². The van der Waals surface area contributed by atoms with Gasteiger partial charge in [-0.2, -0.15) is 0 Å². The molecule has 8 heteroatoms. The van der Waals surface area contributed by atoms with Crippen molar-refractivity contribution in [2.24, 2.45) is 0 Å². The summed E-state index contributed by atoms with van der Waals surface area (Å²) in [6.07, 6.45) is 17.4. The fourth-order valence-electron chi connectivity index (χ4n) is 8.75. The minimum absolute atomic E-state index is 0.189. The first-order chi connectivity index (χ1) is 29.7. The number of carbonyl (C=O) groups is 2. The van der Waals surface area contributed by atoms with E-state index in [1.807, 2.05) is 72.1 Å². The zero-order valence-corrected chi connectivity index (χ0v) is 37.5. The number of allylic oxidation sites excluding steroid dienone is 4. The Morgan fingerprint density at radius 2 is 0.885 bits per heavy atom. The monoisotopic (exact) mass is 852 g/mol. The second-order valence-electron chi connectivity index (χ2n) is 16.6. The van der Waals surface area contributed by atoms with Crippen LogP contribution in [-0.4, -0.2) is 34.6 Å². The highest BCUT2D eigenvalue weighted by Crippen LogP contribution is 2.70. The number of carbonyl (C=O) groups excluding carboxylic acids is 2. The van der Waals surface area contributed by atoms with Crippen LogP contribution >= 0.6 is 23.5 Å². The average Bonchev–Trinajstić information content (AvgIpc) is 4.01. The fraction of sp³-hybridized carbons (Fsp3) is 0.358. The van der Waals surface area contributed by atoms with Crippen LogP contribution in [-0.2, 0) is 0 Å². The number of hydrogen-bond donors (Lipinski definition) is 0. The summed E-state index contributed by atoms with van der Waals surface area (Å²) in [6.45, 7) is 10.6. The van der Waals surface area contributed by atoms with Crippen LogP contribution in [0.4, 0.5) is 0 Å². The van der Waals surface area contributed by atoms with Gasteiger partial charge in [-0.3, -0.25) is 0 Å². The molecule has 1 fully saturated rings. The number of fused-ring (bicyclic) bond motifs is 4. The molecule has 0 saturated heterocycles. The highest BCUT2D eigenvalue weighted by atomic mass is 32.2. The van der Waals surface area contributed by atoms with E-state index in [1.54, 1.807) is 24.3 Å². The molecule has 2 atom stereocenters. The number of esters is 2. The highest BCUT2D eigenvalue weighted by Gasteiger charge is 2.59. The SMILES string of the molecule is CCCCCCOc1ccc(C(=O)Oc2ccc(C3=CC4=C5CCCC5=C5C=C(c6ccc(OC(=O)c7ccc(OCCCCCC)cc7)cc6)SC5(C)C4(C)S3)cc2)cc1. The molecule has 6 nitrogen and oxygen atoms in total. The highest BCUT2D eigenvalue weighted by molar-refractivity contribution is 8.14. The van der Waals surface area contributed by atoms with Gasteiger partial charge >= 0.3 is 11.9 Å². The maximum atomic E-state index is 13.0. The molecule has 1 saturated carbocycles. The lowest BCUT2D eigenvalue weighted by atomic mass is 9.72. The Morgan fingerprint density at radius 3 is 1.26 bits per heavy atom. The first-order valence-corrected chi connectivity index (χ1v) is 23.7. The van der Waals surface area contributed by atoms with Crippen LogP contribution in [0, 0.1) is 0 Å². The first kappa shape index (κ1) is 42.8. The van der Waals surface area contributed by atoms with Crippen LogP contribution in [0.15, 0.2) is 132 Å². The van der Waals surface area contributed by atoms with Gasteiger partial charge in [0.15, 0.2) is 0 Å². The molecule has 2 aliphatic heterocycles. The van der Waals surface area contributed by atoms with Gasteiger partial charge in [0.05, 0.1) is 33.8 Å². The molecule has 0 N–H and O–H groups in total. The third kappa shape index (κ3) is 9.17. The standard InChI is InChI=1S/C53H56O6S2/c1-5-7-9-11-32-56-40-24-20-38(21-25-40)50(54)58-42-28-16-36(17-29-42)48-34-46-44-14-13-15-45(44)47-35-49(61-53(47,4)52(46,3)60-48)37-18-30-43(31-19-37)59-51(55)39-22-26-41(27-23-39)57-33-12-10-8-6-2/h16-31,34-35H,5-15,32-33H2,1-4H3. The Balaban J connectivity index is 0.902. The number of benzene rings is 4. The van der Waals surface area contributed by atoms with Gasteiger partial charge < -0.3 is 18.9 Å². The van der Waals surface area contributed by atoms with Gasteiger partial charge in [0.2, 0.25) is 0 Å². The molecule has 4 aliphatic rings. The summed E-state index contributed by atoms with van der Waals surface area (Å²) in [7, 11) is 0. The molecular formula is C53H56O6S2. The zero-order valence-electron chi connectivity index (χ0n) is 35.9. The predicted octanol–water partition coefficient (Wildman–Crippen LogP) is 14.2. The molecule has 0 amide bonds. The van der Waals surface area contributed by atoms with Gasteiger partial charge in [-0.15, -0.1) is 23.5 Å². The predicted molar refractivity (Wildman–Crippen MR) is 251 cm³/mol. The third-order valence-corrected chi connectivity index (χ3v) is 15.7. The first-order valence-electron chi connectivity index (χ1n) is 22.1. The molecule has 0 aromatic heterocycles. The Hall–Kier alpha value is -4.92. The van der Waals surface area contributed by atoms with Gasteiger partial charge in [0.25, 0.3) is 0 Å². The van der Waals surface area contributed by atoms with Crippen molar-refractivity contribution in [2.75, 3.05) is 13.2 Å². The van der Waals surface area contributed by atoms with E-state index in [-0.39, 0.29) is 21.4 Å². The molecule has 2 aliphatic carbocycles. The Labute approximate surface area is 369 Å². The maximum Gasteiger partial charge on any atom is 0.343 e. The Morgan fingerprint density at radius 1 is 0.508 bits per heavy atom. The van der Waals surface area contributed by atoms with E-state index in [9.17, 15) is 9.59 Å². The smallest absolute Gasteiger partial charge is 0.343 e. The van der Waals surface area contributed by atoms with Crippen LogP contribution in [0.2, 0.25) is 0 Å². The summed E-state index contributed by atoms with van der Waals surface area (Å²) in [5.74, 6) is 1.78. The van der Waals surface area contributed by atoms with E-state index in [0.717, 1.165) is 67.6 Å². The largest absolute Gasteiger partial charge is 0.494 e. The van der Waals surface area contributed by atoms with Crippen molar-refractivity contribution in [3.05, 3.63) is 154 Å². The van der Waals surface area contributed by atoms with Crippen molar-refractivity contribution in [3.63, 3.8) is 0 Å². The van der Waals surface area contributed by atoms with E-state index in [4.69, 9.17) is 18.9 Å². The second kappa shape index (κ2) is 19.0. The zero-order chi connectivity index (χ0) is 42.4. The van der Waals surface area contributed by atoms with Crippen molar-refractivity contribution in [3.8, 4) is 23.0 Å². The number of ether oxygens (including phenoxy) is 4. The van der Waals surface area contributed by atoms with Crippen molar-refractivity contribution in [2.45, 2.75) is 108 Å². The molecule has 0 radical (unpaired) electrons. The van der Waals surface area contributed by atoms with Crippen LogP contribution < -0.4 is 18.9 Å². The molecule has 0 bridgehead atoms. The molecule has 8 rings (SSSR count). The van der Waals surface area contributed by atoms with E-state index in [1.165, 1.54) is 57.8 Å². The van der Waals surface area contributed by atoms with Gasteiger partial charge in [-0.25, -0.2) is 9.59 Å². The lowest BCUT2D eigenvalue weighted by Gasteiger charge is -2.47. The molecule has 2 heterocycles. The molecular weight excluding hydrogens is 797 g/mol. The van der Waals surface area contributed by atoms with E-state index < -0.39 is 0 Å². The third-order valence-electron chi connectivity index (χ3n) is 12.4. The van der Waals surface area contributed by atoms with E-state index in [2.05, 4.69) is 64.1 Å². The topological polar surface area (TPSA) is 71.1 Å². The second-order valence-corrected chi connectivity index (χ2v) is 19.5. The van der Waals surface area contributed by atoms with Crippen molar-refractivity contribution >= 4 is 45.3 Å². The Bertz CT molecular complexity index is 2190. The summed E-state index contributed by atoms with van der Waals surface area (Å²) in [5, 5.41) is 0. The van der Waals surface area contributed by atoms with Crippen LogP contribution in [0.25, 0.3) is 9.81 Å². The summed E-state index contributed by atoms with van der Waals surface area (Å²) < 4.78 is 22.9. The summed E-state index contributed by atoms with van der Waals surface area (Å²) in [5.41, 5.74) is 9.08. The molecule has 0 spiro atoms. The maximum absolute atomic E-state index is 13.0. The van der Waals surface area contributed by atoms with Gasteiger partial charge in [-0.1, -0.05) is 76.6 Å². The number of hydrogen-bond acceptors (Lipinski definition) is 8. The normalized spacial score (nSPS) is 20.1. The average molecular weight is 853 g/mol. The van der Waals surface area contributed by atoms with Gasteiger partial charge in [0.1, 0.15) is 23.0 Å². The minimum Gasteiger partial charge on any atom is -0.494 e. The summed E-state index contributed by atoms with van der Waals surface area (Å²) in [4.78, 5) is 28.5. The quantitative estimate of drug-likeness (QED) is 0.0557. The van der Waals surface area contributed by atoms with Crippen LogP contribution in [0.3, 0.4) is 0 Å². The Kier molecular flexibility index (Phi) is 13.3. The minimum atomic E-state index is -0.389. The lowest BCUT2D eigenvalue weighted by Crippen LogP contribution is -2.47. The summed E-state index contributed by atoms with van der Waals surface area (Å²) >= 11 is 3.89. The van der Waals surface area contributed by atoms with E-state index >= 15 is 0 Å². The van der Waals surface area contributed by atoms with Crippen LogP contribution in [0.1, 0.15) is 130 Å². The number of rotatable bonds is 18.